The molecular formula is C29H31NO8. The largest absolute Gasteiger partial charge is 0.504 e. The van der Waals surface area contributed by atoms with Crippen molar-refractivity contribution >= 4 is 29.8 Å². The van der Waals surface area contributed by atoms with Crippen LogP contribution in [0.15, 0.2) is 48.5 Å². The van der Waals surface area contributed by atoms with Crippen LogP contribution in [0.2, 0.25) is 0 Å². The number of nitrogens with one attached hydrogen (secondary N) is 1. The molecule has 0 heterocycles. The van der Waals surface area contributed by atoms with Crippen LogP contribution < -0.4 is 33.7 Å². The molecule has 0 aliphatic carbocycles. The first-order valence-electron chi connectivity index (χ1n) is 11.5. The first kappa shape index (κ1) is 27.8. The topological polar surface area (TPSA) is 105 Å². The van der Waals surface area contributed by atoms with E-state index in [0.29, 0.717) is 51.3 Å². The van der Waals surface area contributed by atoms with Gasteiger partial charge in [-0.25, -0.2) is 0 Å². The fraction of sp³-hybridized carbons (Fsp3) is 0.207. The van der Waals surface area contributed by atoms with E-state index in [-0.39, 0.29) is 5.75 Å². The Hall–Kier alpha value is -4.79. The third-order valence-corrected chi connectivity index (χ3v) is 5.60. The molecule has 0 unspecified atom stereocenters. The smallest absolute Gasteiger partial charge is 0.248 e. The number of rotatable bonds is 11. The highest BCUT2D eigenvalue weighted by Crippen LogP contribution is 2.41. The Kier molecular flexibility index (Phi) is 9.48. The highest BCUT2D eigenvalue weighted by molar-refractivity contribution is 6.04. The van der Waals surface area contributed by atoms with Crippen molar-refractivity contribution in [3.05, 3.63) is 65.2 Å². The monoisotopic (exact) mass is 521 g/mol. The lowest BCUT2D eigenvalue weighted by Gasteiger charge is -2.16. The number of aromatic hydroxyl groups is 1. The average molecular weight is 522 g/mol. The maximum absolute atomic E-state index is 12.9. The van der Waals surface area contributed by atoms with Crippen LogP contribution in [0.1, 0.15) is 16.7 Å². The molecule has 200 valence electrons. The van der Waals surface area contributed by atoms with Gasteiger partial charge in [0.05, 0.1) is 48.3 Å². The van der Waals surface area contributed by atoms with Crippen LogP contribution in [0.5, 0.6) is 40.2 Å². The number of ether oxygens (including phenoxy) is 6. The lowest BCUT2D eigenvalue weighted by Crippen LogP contribution is -2.11. The Morgan fingerprint density at radius 1 is 0.658 bits per heavy atom. The Bertz CT molecular complexity index is 1320. The van der Waals surface area contributed by atoms with Crippen molar-refractivity contribution < 1.29 is 38.3 Å². The third-order valence-electron chi connectivity index (χ3n) is 5.60. The molecule has 0 radical (unpaired) electrons. The normalized spacial score (nSPS) is 10.9. The van der Waals surface area contributed by atoms with E-state index in [4.69, 9.17) is 28.4 Å². The quantitative estimate of drug-likeness (QED) is 0.260. The Morgan fingerprint density at radius 3 is 1.82 bits per heavy atom. The van der Waals surface area contributed by atoms with E-state index in [0.717, 1.165) is 5.56 Å². The predicted molar refractivity (Wildman–Crippen MR) is 147 cm³/mol. The molecule has 0 aliphatic heterocycles. The van der Waals surface area contributed by atoms with E-state index in [1.165, 1.54) is 33.5 Å². The average Bonchev–Trinajstić information content (AvgIpc) is 2.94. The van der Waals surface area contributed by atoms with Gasteiger partial charge in [-0.15, -0.1) is 0 Å². The van der Waals surface area contributed by atoms with Crippen LogP contribution in [0.25, 0.3) is 18.2 Å². The minimum atomic E-state index is -0.408. The van der Waals surface area contributed by atoms with Crippen molar-refractivity contribution in [1.29, 1.82) is 0 Å². The number of phenolic OH excluding ortho intramolecular Hbond substituents is 1. The number of benzene rings is 3. The number of phenols is 1. The molecule has 38 heavy (non-hydrogen) atoms. The Balaban J connectivity index is 1.95. The summed E-state index contributed by atoms with van der Waals surface area (Å²) in [5.41, 5.74) is 2.49. The van der Waals surface area contributed by atoms with Crippen LogP contribution >= 0.6 is 0 Å². The molecule has 9 nitrogen and oxygen atoms in total. The van der Waals surface area contributed by atoms with E-state index in [1.54, 1.807) is 51.7 Å². The van der Waals surface area contributed by atoms with Crippen molar-refractivity contribution in [3.8, 4) is 40.2 Å². The summed E-state index contributed by atoms with van der Waals surface area (Å²) in [5, 5.41) is 12.9. The molecule has 2 N–H and O–H groups in total. The van der Waals surface area contributed by atoms with Gasteiger partial charge in [0, 0.05) is 11.6 Å². The van der Waals surface area contributed by atoms with Gasteiger partial charge in [-0.3, -0.25) is 4.79 Å². The van der Waals surface area contributed by atoms with Gasteiger partial charge >= 0.3 is 0 Å². The molecule has 0 saturated heterocycles. The second-order valence-electron chi connectivity index (χ2n) is 7.81. The van der Waals surface area contributed by atoms with Crippen LogP contribution in [-0.4, -0.2) is 53.7 Å². The molecule has 0 saturated carbocycles. The minimum absolute atomic E-state index is 0.0243. The first-order valence-corrected chi connectivity index (χ1v) is 11.5. The van der Waals surface area contributed by atoms with Crippen molar-refractivity contribution in [1.82, 2.24) is 0 Å². The number of methoxy groups -OCH3 is 6. The zero-order valence-corrected chi connectivity index (χ0v) is 22.2. The van der Waals surface area contributed by atoms with Crippen molar-refractivity contribution in [2.75, 3.05) is 48.0 Å². The lowest BCUT2D eigenvalue weighted by molar-refractivity contribution is -0.111. The van der Waals surface area contributed by atoms with Crippen LogP contribution in [0.3, 0.4) is 0 Å². The summed E-state index contributed by atoms with van der Waals surface area (Å²) in [6.45, 7) is 0. The van der Waals surface area contributed by atoms with Gasteiger partial charge < -0.3 is 38.8 Å². The van der Waals surface area contributed by atoms with E-state index >= 15 is 0 Å². The van der Waals surface area contributed by atoms with E-state index in [9.17, 15) is 9.90 Å². The van der Waals surface area contributed by atoms with Crippen molar-refractivity contribution in [2.24, 2.45) is 0 Å². The molecule has 0 bridgehead atoms. The number of hydrogen-bond donors (Lipinski definition) is 2. The third kappa shape index (κ3) is 6.31. The first-order chi connectivity index (χ1) is 18.4. The molecule has 1 amide bonds. The molecule has 0 fully saturated rings. The number of carbonyl (C=O) groups excluding carboxylic acids is 1. The summed E-state index contributed by atoms with van der Waals surface area (Å²) in [6, 6.07) is 12.0. The lowest BCUT2D eigenvalue weighted by atomic mass is 10.1. The van der Waals surface area contributed by atoms with Crippen molar-refractivity contribution in [2.45, 2.75) is 0 Å². The number of carbonyl (C=O) groups is 1. The molecule has 0 aromatic heterocycles. The molecular weight excluding hydrogens is 490 g/mol. The van der Waals surface area contributed by atoms with Crippen LogP contribution in [-0.2, 0) is 4.79 Å². The SMILES string of the molecule is COc1ccc(/C=C/C(=O)Nc2c(/C=C/c3cc(OC)c(OC)c(OC)c3)ccc(OC)c2OC)cc1O. The van der Waals surface area contributed by atoms with Gasteiger partial charge in [0.2, 0.25) is 11.7 Å². The Labute approximate surface area is 221 Å². The second-order valence-corrected chi connectivity index (χ2v) is 7.81. The molecule has 0 atom stereocenters. The zero-order chi connectivity index (χ0) is 27.7. The number of anilines is 1. The van der Waals surface area contributed by atoms with Crippen LogP contribution in [0, 0.1) is 0 Å². The zero-order valence-electron chi connectivity index (χ0n) is 22.2. The summed E-state index contributed by atoms with van der Waals surface area (Å²) in [5.74, 6) is 2.25. The summed E-state index contributed by atoms with van der Waals surface area (Å²) >= 11 is 0. The number of amides is 1. The summed E-state index contributed by atoms with van der Waals surface area (Å²) in [4.78, 5) is 12.9. The standard InChI is InChI=1S/C29H31NO8/c1-33-22-12-8-18(15-21(22)31)9-14-26(32)30-27-20(11-13-23(34-2)29(27)38-6)10-7-19-16-24(35-3)28(37-5)25(17-19)36-4/h7-17,31H,1-6H3,(H,30,32)/b10-7+,14-9+. The van der Waals surface area contributed by atoms with Gasteiger partial charge in [0.25, 0.3) is 0 Å². The maximum Gasteiger partial charge on any atom is 0.248 e. The fourth-order valence-corrected chi connectivity index (χ4v) is 3.74. The van der Waals surface area contributed by atoms with Gasteiger partial charge in [0.1, 0.15) is 0 Å². The summed E-state index contributed by atoms with van der Waals surface area (Å²) < 4.78 is 32.3. The molecule has 0 aliphatic rings. The highest BCUT2D eigenvalue weighted by atomic mass is 16.5. The van der Waals surface area contributed by atoms with Gasteiger partial charge in [-0.2, -0.15) is 0 Å². The van der Waals surface area contributed by atoms with E-state index < -0.39 is 5.91 Å². The Morgan fingerprint density at radius 2 is 1.26 bits per heavy atom. The molecule has 3 aromatic rings. The predicted octanol–water partition coefficient (Wildman–Crippen LogP) is 5.27. The maximum atomic E-state index is 12.9. The van der Waals surface area contributed by atoms with E-state index in [2.05, 4.69) is 5.32 Å². The summed E-state index contributed by atoms with van der Waals surface area (Å²) in [6.07, 6.45) is 6.60. The molecule has 3 aromatic carbocycles. The fourth-order valence-electron chi connectivity index (χ4n) is 3.74. The highest BCUT2D eigenvalue weighted by Gasteiger charge is 2.16. The summed E-state index contributed by atoms with van der Waals surface area (Å²) in [7, 11) is 9.12. The molecule has 0 spiro atoms. The van der Waals surface area contributed by atoms with E-state index in [1.807, 2.05) is 24.3 Å². The van der Waals surface area contributed by atoms with Gasteiger partial charge in [0.15, 0.2) is 34.5 Å². The van der Waals surface area contributed by atoms with Crippen LogP contribution in [0.4, 0.5) is 5.69 Å². The van der Waals surface area contributed by atoms with Crippen molar-refractivity contribution in [3.63, 3.8) is 0 Å². The number of hydrogen-bond acceptors (Lipinski definition) is 8. The molecule has 9 heteroatoms. The van der Waals surface area contributed by atoms with Gasteiger partial charge in [-0.05, 0) is 53.6 Å². The second kappa shape index (κ2) is 13.0. The minimum Gasteiger partial charge on any atom is -0.504 e. The van der Waals surface area contributed by atoms with Gasteiger partial charge in [-0.1, -0.05) is 18.2 Å². The molecule has 3 rings (SSSR count).